The number of hydrogen-bond donors (Lipinski definition) is 2. The van der Waals surface area contributed by atoms with Gasteiger partial charge in [0.1, 0.15) is 5.60 Å². The molecule has 0 aromatic rings. The predicted molar refractivity (Wildman–Crippen MR) is 80.3 cm³/mol. The number of rotatable bonds is 7. The second-order valence-electron chi connectivity index (χ2n) is 6.73. The van der Waals surface area contributed by atoms with E-state index in [0.717, 1.165) is 19.4 Å². The van der Waals surface area contributed by atoms with E-state index < -0.39 is 5.60 Å². The minimum absolute atomic E-state index is 0.168. The van der Waals surface area contributed by atoms with Crippen molar-refractivity contribution in [2.45, 2.75) is 66.0 Å². The van der Waals surface area contributed by atoms with Crippen LogP contribution in [0.5, 0.6) is 0 Å². The van der Waals surface area contributed by atoms with Crippen molar-refractivity contribution in [3.8, 4) is 0 Å². The monoisotopic (exact) mass is 272 g/mol. The Kier molecular flexibility index (Phi) is 8.07. The average molecular weight is 272 g/mol. The van der Waals surface area contributed by atoms with Crippen molar-refractivity contribution in [3.05, 3.63) is 0 Å². The molecule has 114 valence electrons. The fourth-order valence-corrected chi connectivity index (χ4v) is 1.90. The maximum Gasteiger partial charge on any atom is 0.407 e. The lowest BCUT2D eigenvalue weighted by Crippen LogP contribution is -2.42. The van der Waals surface area contributed by atoms with Crippen LogP contribution in [0.4, 0.5) is 4.79 Å². The molecule has 0 rings (SSSR count). The van der Waals surface area contributed by atoms with Crippen LogP contribution in [0.1, 0.15) is 54.4 Å². The van der Waals surface area contributed by atoms with Gasteiger partial charge in [-0.2, -0.15) is 0 Å². The number of amides is 1. The Hall–Kier alpha value is -0.770. The van der Waals surface area contributed by atoms with Gasteiger partial charge in [0.05, 0.1) is 0 Å². The van der Waals surface area contributed by atoms with Gasteiger partial charge in [0.2, 0.25) is 0 Å². The van der Waals surface area contributed by atoms with Crippen molar-refractivity contribution in [1.82, 2.24) is 10.6 Å². The lowest BCUT2D eigenvalue weighted by Gasteiger charge is -2.27. The van der Waals surface area contributed by atoms with Crippen molar-refractivity contribution in [3.63, 3.8) is 0 Å². The Labute approximate surface area is 118 Å². The van der Waals surface area contributed by atoms with E-state index in [1.807, 2.05) is 27.8 Å². The van der Waals surface area contributed by atoms with E-state index in [9.17, 15) is 4.79 Å². The van der Waals surface area contributed by atoms with Crippen molar-refractivity contribution < 1.29 is 9.53 Å². The maximum atomic E-state index is 11.8. The van der Waals surface area contributed by atoms with Crippen LogP contribution in [0.15, 0.2) is 0 Å². The molecule has 2 N–H and O–H groups in total. The molecule has 0 aliphatic heterocycles. The highest BCUT2D eigenvalue weighted by atomic mass is 16.6. The first-order valence-electron chi connectivity index (χ1n) is 7.29. The Morgan fingerprint density at radius 1 is 1.21 bits per heavy atom. The number of carbonyl (C=O) groups excluding carboxylic acids is 1. The average Bonchev–Trinajstić information content (AvgIpc) is 2.22. The molecule has 1 unspecified atom stereocenters. The molecule has 2 atom stereocenters. The van der Waals surface area contributed by atoms with E-state index >= 15 is 0 Å². The van der Waals surface area contributed by atoms with Crippen LogP contribution in [0.25, 0.3) is 0 Å². The summed E-state index contributed by atoms with van der Waals surface area (Å²) in [7, 11) is 1.96. The number of carbonyl (C=O) groups is 1. The van der Waals surface area contributed by atoms with Gasteiger partial charge in [0.25, 0.3) is 0 Å². The zero-order valence-corrected chi connectivity index (χ0v) is 13.7. The quantitative estimate of drug-likeness (QED) is 0.748. The lowest BCUT2D eigenvalue weighted by molar-refractivity contribution is 0.0481. The molecule has 0 aliphatic rings. The van der Waals surface area contributed by atoms with E-state index in [1.165, 1.54) is 0 Å². The molecule has 0 spiro atoms. The van der Waals surface area contributed by atoms with Gasteiger partial charge in [-0.05, 0) is 59.0 Å². The van der Waals surface area contributed by atoms with E-state index in [-0.39, 0.29) is 12.1 Å². The van der Waals surface area contributed by atoms with Crippen LogP contribution in [-0.4, -0.2) is 31.3 Å². The minimum Gasteiger partial charge on any atom is -0.444 e. The van der Waals surface area contributed by atoms with Crippen LogP contribution in [0.3, 0.4) is 0 Å². The van der Waals surface area contributed by atoms with Gasteiger partial charge >= 0.3 is 6.09 Å². The summed E-state index contributed by atoms with van der Waals surface area (Å²) in [5.74, 6) is 0.986. The Bertz CT molecular complexity index is 259. The molecule has 1 amide bonds. The van der Waals surface area contributed by atoms with Gasteiger partial charge < -0.3 is 15.4 Å². The fourth-order valence-electron chi connectivity index (χ4n) is 1.90. The first-order valence-corrected chi connectivity index (χ1v) is 7.29. The van der Waals surface area contributed by atoms with Gasteiger partial charge in [-0.1, -0.05) is 20.8 Å². The molecule has 0 saturated carbocycles. The number of nitrogens with one attached hydrogen (secondary N) is 2. The van der Waals surface area contributed by atoms with Gasteiger partial charge in [-0.25, -0.2) is 4.79 Å². The fraction of sp³-hybridized carbons (Fsp3) is 0.933. The third-order valence-electron chi connectivity index (χ3n) is 3.05. The molecule has 0 aliphatic carbocycles. The zero-order valence-electron chi connectivity index (χ0n) is 13.7. The van der Waals surface area contributed by atoms with Crippen LogP contribution < -0.4 is 10.6 Å². The molecule has 0 saturated heterocycles. The molecule has 0 aromatic heterocycles. The standard InChI is InChI=1S/C15H32N2O2/c1-11(2)13(10-12(3)8-9-16-7)17-14(18)19-15(4,5)6/h11-13,16H,8-10H2,1-7H3,(H,17,18)/t12?,13-/m1/s1. The summed E-state index contributed by atoms with van der Waals surface area (Å²) in [6.07, 6.45) is 1.79. The normalized spacial score (nSPS) is 15.2. The minimum atomic E-state index is -0.441. The maximum absolute atomic E-state index is 11.8. The molecule has 19 heavy (non-hydrogen) atoms. The largest absolute Gasteiger partial charge is 0.444 e. The zero-order chi connectivity index (χ0) is 15.1. The molecule has 4 heteroatoms. The van der Waals surface area contributed by atoms with E-state index in [0.29, 0.717) is 11.8 Å². The molecular formula is C15H32N2O2. The highest BCUT2D eigenvalue weighted by molar-refractivity contribution is 5.68. The Balaban J connectivity index is 4.30. The second-order valence-corrected chi connectivity index (χ2v) is 6.73. The lowest BCUT2D eigenvalue weighted by atomic mass is 9.92. The van der Waals surface area contributed by atoms with Gasteiger partial charge in [0, 0.05) is 6.04 Å². The third kappa shape index (κ3) is 9.77. The van der Waals surface area contributed by atoms with Crippen LogP contribution in [-0.2, 0) is 4.74 Å². The molecule has 0 heterocycles. The summed E-state index contributed by atoms with van der Waals surface area (Å²) in [6.45, 7) is 13.1. The number of ether oxygens (including phenoxy) is 1. The van der Waals surface area contributed by atoms with E-state index in [1.54, 1.807) is 0 Å². The topological polar surface area (TPSA) is 50.4 Å². The highest BCUT2D eigenvalue weighted by Crippen LogP contribution is 2.16. The van der Waals surface area contributed by atoms with Gasteiger partial charge in [0.15, 0.2) is 0 Å². The summed E-state index contributed by atoms with van der Waals surface area (Å²) in [5.41, 5.74) is -0.441. The van der Waals surface area contributed by atoms with Crippen molar-refractivity contribution in [2.24, 2.45) is 11.8 Å². The first kappa shape index (κ1) is 18.2. The predicted octanol–water partition coefficient (Wildman–Crippen LogP) is 3.17. The molecule has 4 nitrogen and oxygen atoms in total. The van der Waals surface area contributed by atoms with E-state index in [4.69, 9.17) is 4.74 Å². The summed E-state index contributed by atoms with van der Waals surface area (Å²) in [6, 6.07) is 0.168. The Morgan fingerprint density at radius 3 is 2.21 bits per heavy atom. The second kappa shape index (κ2) is 8.41. The summed E-state index contributed by atoms with van der Waals surface area (Å²) in [4.78, 5) is 11.8. The third-order valence-corrected chi connectivity index (χ3v) is 3.05. The van der Waals surface area contributed by atoms with Gasteiger partial charge in [-0.15, -0.1) is 0 Å². The van der Waals surface area contributed by atoms with Crippen molar-refractivity contribution >= 4 is 6.09 Å². The first-order chi connectivity index (χ1) is 8.65. The van der Waals surface area contributed by atoms with Crippen molar-refractivity contribution in [2.75, 3.05) is 13.6 Å². The van der Waals surface area contributed by atoms with Crippen LogP contribution in [0, 0.1) is 11.8 Å². The van der Waals surface area contributed by atoms with Gasteiger partial charge in [-0.3, -0.25) is 0 Å². The molecule has 0 aromatic carbocycles. The summed E-state index contributed by atoms with van der Waals surface area (Å²) in [5, 5.41) is 6.16. The highest BCUT2D eigenvalue weighted by Gasteiger charge is 2.22. The summed E-state index contributed by atoms with van der Waals surface area (Å²) < 4.78 is 5.32. The molecule has 0 fully saturated rings. The van der Waals surface area contributed by atoms with Crippen LogP contribution in [0.2, 0.25) is 0 Å². The van der Waals surface area contributed by atoms with Crippen LogP contribution >= 0.6 is 0 Å². The van der Waals surface area contributed by atoms with Crippen molar-refractivity contribution in [1.29, 1.82) is 0 Å². The van der Waals surface area contributed by atoms with E-state index in [2.05, 4.69) is 31.4 Å². The summed E-state index contributed by atoms with van der Waals surface area (Å²) >= 11 is 0. The smallest absolute Gasteiger partial charge is 0.407 e. The molecular weight excluding hydrogens is 240 g/mol. The number of hydrogen-bond acceptors (Lipinski definition) is 3. The SMILES string of the molecule is CNCCC(C)C[C@@H](NC(=O)OC(C)(C)C)C(C)C. The molecule has 0 radical (unpaired) electrons. The molecule has 0 bridgehead atoms. The number of alkyl carbamates (subject to hydrolysis) is 1. The Morgan fingerprint density at radius 2 is 1.79 bits per heavy atom.